The van der Waals surface area contributed by atoms with Crippen molar-refractivity contribution in [3.05, 3.63) is 70.4 Å². The molecule has 1 saturated heterocycles. The van der Waals surface area contributed by atoms with Crippen molar-refractivity contribution in [2.45, 2.75) is 51.5 Å². The van der Waals surface area contributed by atoms with Crippen LogP contribution in [0.4, 0.5) is 11.4 Å². The summed E-state index contributed by atoms with van der Waals surface area (Å²) in [6, 6.07) is 12.8. The Morgan fingerprint density at radius 2 is 1.93 bits per heavy atom. The lowest BCUT2D eigenvalue weighted by Crippen LogP contribution is -2.43. The fraction of sp³-hybridized carbons (Fsp3) is 0.343. The number of carbonyl (C=O) groups excluding carboxylic acids is 4. The SMILES string of the molecule is COc1cc2c(cc1OCCCC(=O)Nc1cc(C(=O)Cc3ccc4sc(C(C)=O)cc4c3)n(C)c1)N=C[C@@H]1CCCCN1C2=O. The molecule has 4 aromatic rings. The molecule has 2 aromatic heterocycles. The van der Waals surface area contributed by atoms with E-state index in [1.807, 2.05) is 35.4 Å². The first kappa shape index (κ1) is 31.2. The van der Waals surface area contributed by atoms with E-state index in [4.69, 9.17) is 9.47 Å². The number of Topliss-reactive ketones (excluding diaryl/α,β-unsaturated/α-hetero) is 2. The Bertz CT molecular complexity index is 1870. The lowest BCUT2D eigenvalue weighted by atomic mass is 10.0. The molecule has 11 heteroatoms. The fourth-order valence-corrected chi connectivity index (χ4v) is 6.92. The lowest BCUT2D eigenvalue weighted by molar-refractivity contribution is -0.116. The zero-order chi connectivity index (χ0) is 32.4. The molecule has 238 valence electrons. The van der Waals surface area contributed by atoms with Gasteiger partial charge in [-0.1, -0.05) is 6.07 Å². The number of rotatable bonds is 11. The van der Waals surface area contributed by atoms with Crippen molar-refractivity contribution >= 4 is 62.4 Å². The molecule has 10 nitrogen and oxygen atoms in total. The third-order valence-electron chi connectivity index (χ3n) is 8.38. The Hall–Kier alpha value is -4.77. The highest BCUT2D eigenvalue weighted by Crippen LogP contribution is 2.38. The summed E-state index contributed by atoms with van der Waals surface area (Å²) in [5.41, 5.74) is 2.94. The zero-order valence-corrected chi connectivity index (χ0v) is 26.9. The minimum absolute atomic E-state index is 0.00544. The van der Waals surface area contributed by atoms with Gasteiger partial charge < -0.3 is 24.3 Å². The maximum Gasteiger partial charge on any atom is 0.256 e. The quantitative estimate of drug-likeness (QED) is 0.150. The molecule has 0 saturated carbocycles. The van der Waals surface area contributed by atoms with E-state index < -0.39 is 0 Å². The highest BCUT2D eigenvalue weighted by Gasteiger charge is 2.31. The minimum Gasteiger partial charge on any atom is -0.493 e. The van der Waals surface area contributed by atoms with Crippen LogP contribution in [-0.2, 0) is 18.3 Å². The van der Waals surface area contributed by atoms with Gasteiger partial charge in [0, 0.05) is 49.6 Å². The van der Waals surface area contributed by atoms with Gasteiger partial charge in [-0.3, -0.25) is 24.2 Å². The molecule has 0 radical (unpaired) electrons. The summed E-state index contributed by atoms with van der Waals surface area (Å²) in [4.78, 5) is 58.0. The summed E-state index contributed by atoms with van der Waals surface area (Å²) in [6.07, 6.45) is 7.39. The van der Waals surface area contributed by atoms with Crippen LogP contribution in [-0.4, -0.2) is 65.4 Å². The van der Waals surface area contributed by atoms with E-state index in [9.17, 15) is 19.2 Å². The Balaban J connectivity index is 1.02. The number of carbonyl (C=O) groups is 4. The maximum atomic E-state index is 13.2. The van der Waals surface area contributed by atoms with E-state index in [0.717, 1.165) is 41.5 Å². The lowest BCUT2D eigenvalue weighted by Gasteiger charge is -2.32. The number of aryl methyl sites for hydroxylation is 1. The first-order valence-electron chi connectivity index (χ1n) is 15.4. The Kier molecular flexibility index (Phi) is 9.03. The third kappa shape index (κ3) is 6.60. The van der Waals surface area contributed by atoms with Crippen LogP contribution >= 0.6 is 11.3 Å². The number of nitrogens with zero attached hydrogens (tertiary/aromatic N) is 3. The van der Waals surface area contributed by atoms with Crippen molar-refractivity contribution in [2.75, 3.05) is 25.6 Å². The van der Waals surface area contributed by atoms with Gasteiger partial charge in [0.25, 0.3) is 5.91 Å². The van der Waals surface area contributed by atoms with Gasteiger partial charge in [0.1, 0.15) is 0 Å². The second-order valence-corrected chi connectivity index (χ2v) is 12.8. The number of thiophene rings is 1. The van der Waals surface area contributed by atoms with E-state index in [1.54, 1.807) is 42.9 Å². The van der Waals surface area contributed by atoms with Gasteiger partial charge in [-0.2, -0.15) is 0 Å². The monoisotopic (exact) mass is 640 g/mol. The van der Waals surface area contributed by atoms with Gasteiger partial charge >= 0.3 is 0 Å². The highest BCUT2D eigenvalue weighted by molar-refractivity contribution is 7.20. The number of methoxy groups -OCH3 is 1. The number of aliphatic imine (C=N–C) groups is 1. The zero-order valence-electron chi connectivity index (χ0n) is 26.1. The van der Waals surface area contributed by atoms with Crippen LogP contribution in [0.2, 0.25) is 0 Å². The standard InChI is InChI=1S/C35H36N4O6S/c1-21(40)33-15-23-13-22(9-10-32(23)46-33)14-29(41)28-16-24(20-38(28)2)37-34(42)8-6-12-45-31-18-27-26(17-30(31)44-3)35(43)39-11-5-4-7-25(39)19-36-27/h9-10,13,15-20,25H,4-8,11-12,14H2,1-3H3,(H,37,42)/t25-/m0/s1. The largest absolute Gasteiger partial charge is 0.493 e. The number of hydrogen-bond acceptors (Lipinski definition) is 8. The van der Waals surface area contributed by atoms with Gasteiger partial charge in [0.05, 0.1) is 47.3 Å². The molecule has 2 aliphatic heterocycles. The molecular weight excluding hydrogens is 604 g/mol. The number of ether oxygens (including phenoxy) is 2. The van der Waals surface area contributed by atoms with Gasteiger partial charge in [-0.15, -0.1) is 11.3 Å². The van der Waals surface area contributed by atoms with Gasteiger partial charge in [-0.05, 0) is 73.9 Å². The molecule has 4 heterocycles. The summed E-state index contributed by atoms with van der Waals surface area (Å²) in [5.74, 6) is 0.621. The number of aromatic nitrogens is 1. The number of hydrogen-bond donors (Lipinski definition) is 1. The highest BCUT2D eigenvalue weighted by atomic mass is 32.1. The first-order chi connectivity index (χ1) is 22.2. The number of ketones is 2. The van der Waals surface area contributed by atoms with E-state index in [-0.39, 0.29) is 48.9 Å². The van der Waals surface area contributed by atoms with Gasteiger partial charge in [0.2, 0.25) is 5.91 Å². The smallest absolute Gasteiger partial charge is 0.256 e. The summed E-state index contributed by atoms with van der Waals surface area (Å²) in [6.45, 7) is 2.53. The molecule has 0 aliphatic carbocycles. The molecule has 1 atom stereocenters. The molecule has 0 spiro atoms. The minimum atomic E-state index is -0.196. The fourth-order valence-electron chi connectivity index (χ4n) is 5.99. The molecule has 2 aliphatic rings. The second kappa shape index (κ2) is 13.3. The molecule has 2 amide bonds. The average Bonchev–Trinajstić information content (AvgIpc) is 3.61. The van der Waals surface area contributed by atoms with Crippen molar-refractivity contribution in [1.29, 1.82) is 0 Å². The predicted molar refractivity (Wildman–Crippen MR) is 178 cm³/mol. The Morgan fingerprint density at radius 1 is 1.09 bits per heavy atom. The summed E-state index contributed by atoms with van der Waals surface area (Å²) in [7, 11) is 3.30. The Morgan fingerprint density at radius 3 is 2.74 bits per heavy atom. The van der Waals surface area contributed by atoms with Crippen molar-refractivity contribution in [1.82, 2.24) is 9.47 Å². The summed E-state index contributed by atoms with van der Waals surface area (Å²) in [5, 5.41) is 3.82. The number of fused-ring (bicyclic) bond motifs is 3. The Labute approximate surface area is 271 Å². The van der Waals surface area contributed by atoms with Crippen molar-refractivity contribution in [3.63, 3.8) is 0 Å². The van der Waals surface area contributed by atoms with E-state index in [0.29, 0.717) is 45.4 Å². The van der Waals surface area contributed by atoms with E-state index >= 15 is 0 Å². The predicted octanol–water partition coefficient (Wildman–Crippen LogP) is 6.38. The van der Waals surface area contributed by atoms with Crippen LogP contribution in [0.25, 0.3) is 10.1 Å². The number of piperidine rings is 1. The normalized spacial score (nSPS) is 15.7. The second-order valence-electron chi connectivity index (χ2n) is 11.7. The molecule has 0 unspecified atom stereocenters. The molecular formula is C35H36N4O6S. The third-order valence-corrected chi connectivity index (χ3v) is 9.60. The van der Waals surface area contributed by atoms with Crippen molar-refractivity contribution < 1.29 is 28.7 Å². The van der Waals surface area contributed by atoms with Gasteiger partial charge in [-0.25, -0.2) is 0 Å². The topological polar surface area (TPSA) is 119 Å². The number of nitrogens with one attached hydrogen (secondary N) is 1. The van der Waals surface area contributed by atoms with E-state index in [2.05, 4.69) is 10.3 Å². The van der Waals surface area contributed by atoms with Crippen LogP contribution in [0.5, 0.6) is 11.5 Å². The molecule has 0 bridgehead atoms. The van der Waals surface area contributed by atoms with Crippen LogP contribution in [0.1, 0.15) is 75.1 Å². The molecule has 6 rings (SSSR count). The summed E-state index contributed by atoms with van der Waals surface area (Å²) < 4.78 is 14.2. The average molecular weight is 641 g/mol. The molecule has 1 fully saturated rings. The van der Waals surface area contributed by atoms with Crippen LogP contribution in [0, 0.1) is 0 Å². The van der Waals surface area contributed by atoms with Crippen molar-refractivity contribution in [3.8, 4) is 11.5 Å². The number of benzene rings is 2. The number of amides is 2. The van der Waals surface area contributed by atoms with Crippen molar-refractivity contribution in [2.24, 2.45) is 12.0 Å². The first-order valence-corrected chi connectivity index (χ1v) is 16.2. The maximum absolute atomic E-state index is 13.2. The van der Waals surface area contributed by atoms with Crippen LogP contribution in [0.15, 0.2) is 53.7 Å². The molecule has 2 aromatic carbocycles. The van der Waals surface area contributed by atoms with Gasteiger partial charge in [0.15, 0.2) is 23.1 Å². The molecule has 46 heavy (non-hydrogen) atoms. The molecule has 1 N–H and O–H groups in total. The van der Waals surface area contributed by atoms with E-state index in [1.165, 1.54) is 18.4 Å². The number of anilines is 1. The van der Waals surface area contributed by atoms with Crippen LogP contribution in [0.3, 0.4) is 0 Å². The summed E-state index contributed by atoms with van der Waals surface area (Å²) >= 11 is 1.45. The van der Waals surface area contributed by atoms with Crippen LogP contribution < -0.4 is 14.8 Å².